The quantitative estimate of drug-likeness (QED) is 0.764. The number of aliphatic hydroxyl groups is 1. The summed E-state index contributed by atoms with van der Waals surface area (Å²) in [5.74, 6) is -0.917. The predicted octanol–water partition coefficient (Wildman–Crippen LogP) is 0.736. The Morgan fingerprint density at radius 3 is 2.81 bits per heavy atom. The lowest BCUT2D eigenvalue weighted by molar-refractivity contribution is -0.141. The SMILES string of the molecule is COC(=O)C(Nc1ccc(F)cc1)c1cn(CCO)nn1. The topological polar surface area (TPSA) is 89.3 Å². The summed E-state index contributed by atoms with van der Waals surface area (Å²) in [5.41, 5.74) is 0.892. The lowest BCUT2D eigenvalue weighted by atomic mass is 10.2. The molecule has 0 amide bonds. The molecule has 1 aromatic carbocycles. The number of nitrogens with one attached hydrogen (secondary N) is 1. The van der Waals surface area contributed by atoms with Crippen molar-refractivity contribution in [3.8, 4) is 0 Å². The number of esters is 1. The van der Waals surface area contributed by atoms with E-state index in [-0.39, 0.29) is 19.0 Å². The maximum atomic E-state index is 12.9. The number of hydrogen-bond acceptors (Lipinski definition) is 6. The van der Waals surface area contributed by atoms with Crippen molar-refractivity contribution in [2.45, 2.75) is 12.6 Å². The second kappa shape index (κ2) is 6.80. The van der Waals surface area contributed by atoms with E-state index in [1.54, 1.807) is 0 Å². The Hall–Kier alpha value is -2.48. The van der Waals surface area contributed by atoms with Crippen LogP contribution in [0.5, 0.6) is 0 Å². The van der Waals surface area contributed by atoms with Gasteiger partial charge in [-0.1, -0.05) is 5.21 Å². The highest BCUT2D eigenvalue weighted by Gasteiger charge is 2.24. The zero-order chi connectivity index (χ0) is 15.2. The second-order valence-electron chi connectivity index (χ2n) is 4.24. The molecule has 1 unspecified atom stereocenters. The van der Waals surface area contributed by atoms with Crippen molar-refractivity contribution < 1.29 is 19.0 Å². The number of aliphatic hydroxyl groups excluding tert-OH is 1. The van der Waals surface area contributed by atoms with Gasteiger partial charge in [0.15, 0.2) is 6.04 Å². The first-order valence-corrected chi connectivity index (χ1v) is 6.25. The molecule has 1 atom stereocenters. The summed E-state index contributed by atoms with van der Waals surface area (Å²) in [6.07, 6.45) is 1.54. The predicted molar refractivity (Wildman–Crippen MR) is 71.9 cm³/mol. The summed E-state index contributed by atoms with van der Waals surface area (Å²) in [7, 11) is 1.26. The Morgan fingerprint density at radius 2 is 2.19 bits per heavy atom. The molecule has 1 heterocycles. The fraction of sp³-hybridized carbons (Fsp3) is 0.308. The first-order chi connectivity index (χ1) is 10.1. The van der Waals surface area contributed by atoms with Gasteiger partial charge in [0.2, 0.25) is 0 Å². The van der Waals surface area contributed by atoms with E-state index in [0.29, 0.717) is 11.4 Å². The van der Waals surface area contributed by atoms with Gasteiger partial charge in [-0.25, -0.2) is 13.9 Å². The zero-order valence-electron chi connectivity index (χ0n) is 11.4. The molecule has 7 nitrogen and oxygen atoms in total. The molecule has 0 bridgehead atoms. The smallest absolute Gasteiger partial charge is 0.334 e. The summed E-state index contributed by atoms with van der Waals surface area (Å²) in [5, 5.41) is 19.4. The molecule has 2 N–H and O–H groups in total. The molecule has 112 valence electrons. The molecule has 8 heteroatoms. The highest BCUT2D eigenvalue weighted by molar-refractivity contribution is 5.80. The van der Waals surface area contributed by atoms with Gasteiger partial charge in [-0.2, -0.15) is 0 Å². The van der Waals surface area contributed by atoms with Crippen LogP contribution in [0.1, 0.15) is 11.7 Å². The van der Waals surface area contributed by atoms with Gasteiger partial charge in [-0.15, -0.1) is 5.10 Å². The first kappa shape index (κ1) is 14.9. The first-order valence-electron chi connectivity index (χ1n) is 6.25. The van der Waals surface area contributed by atoms with E-state index in [2.05, 4.69) is 15.6 Å². The number of carbonyl (C=O) groups excluding carboxylic acids is 1. The summed E-state index contributed by atoms with van der Waals surface area (Å²) >= 11 is 0. The van der Waals surface area contributed by atoms with Crippen molar-refractivity contribution in [3.63, 3.8) is 0 Å². The molecule has 0 spiro atoms. The van der Waals surface area contributed by atoms with Crippen molar-refractivity contribution in [1.29, 1.82) is 0 Å². The average molecular weight is 294 g/mol. The van der Waals surface area contributed by atoms with Gasteiger partial charge in [0.25, 0.3) is 0 Å². The minimum Gasteiger partial charge on any atom is -0.467 e. The van der Waals surface area contributed by atoms with Crippen LogP contribution in [0.15, 0.2) is 30.5 Å². The molecule has 0 saturated carbocycles. The van der Waals surface area contributed by atoms with Crippen LogP contribution in [0.4, 0.5) is 10.1 Å². The van der Waals surface area contributed by atoms with Gasteiger partial charge >= 0.3 is 5.97 Å². The molecular weight excluding hydrogens is 279 g/mol. The van der Waals surface area contributed by atoms with Crippen molar-refractivity contribution in [2.75, 3.05) is 19.0 Å². The average Bonchev–Trinajstić information content (AvgIpc) is 2.94. The number of nitrogens with zero attached hydrogens (tertiary/aromatic N) is 3. The fourth-order valence-electron chi connectivity index (χ4n) is 1.74. The second-order valence-corrected chi connectivity index (χ2v) is 4.24. The van der Waals surface area contributed by atoms with E-state index in [0.717, 1.165) is 0 Å². The number of anilines is 1. The summed E-state index contributed by atoms with van der Waals surface area (Å²) < 4.78 is 19.0. The number of ether oxygens (including phenoxy) is 1. The van der Waals surface area contributed by atoms with E-state index in [4.69, 9.17) is 9.84 Å². The molecule has 0 aliphatic rings. The number of halogens is 1. The van der Waals surface area contributed by atoms with Crippen molar-refractivity contribution in [2.24, 2.45) is 0 Å². The van der Waals surface area contributed by atoms with Crippen LogP contribution in [0, 0.1) is 5.82 Å². The molecule has 0 aliphatic carbocycles. The lowest BCUT2D eigenvalue weighted by Gasteiger charge is -2.15. The maximum Gasteiger partial charge on any atom is 0.334 e. The Morgan fingerprint density at radius 1 is 1.48 bits per heavy atom. The number of carbonyl (C=O) groups is 1. The van der Waals surface area contributed by atoms with Crippen LogP contribution in [-0.2, 0) is 16.1 Å². The van der Waals surface area contributed by atoms with Gasteiger partial charge in [-0.05, 0) is 24.3 Å². The summed E-state index contributed by atoms with van der Waals surface area (Å²) in [4.78, 5) is 11.9. The molecule has 2 aromatic rings. The van der Waals surface area contributed by atoms with E-state index in [1.807, 2.05) is 0 Å². The van der Waals surface area contributed by atoms with E-state index < -0.39 is 12.0 Å². The van der Waals surface area contributed by atoms with Gasteiger partial charge < -0.3 is 15.2 Å². The van der Waals surface area contributed by atoms with Crippen molar-refractivity contribution >= 4 is 11.7 Å². The standard InChI is InChI=1S/C13H15FN4O3/c1-21-13(20)12(11-8-18(6-7-19)17-16-11)15-10-4-2-9(14)3-5-10/h2-5,8,12,15,19H,6-7H2,1H3. The number of hydrogen-bond donors (Lipinski definition) is 2. The zero-order valence-corrected chi connectivity index (χ0v) is 11.4. The summed E-state index contributed by atoms with van der Waals surface area (Å²) in [6, 6.07) is 4.69. The molecule has 2 rings (SSSR count). The van der Waals surface area contributed by atoms with Crippen LogP contribution in [-0.4, -0.2) is 39.8 Å². The monoisotopic (exact) mass is 294 g/mol. The molecule has 0 saturated heterocycles. The molecule has 21 heavy (non-hydrogen) atoms. The highest BCUT2D eigenvalue weighted by atomic mass is 19.1. The number of methoxy groups -OCH3 is 1. The third-order valence-electron chi connectivity index (χ3n) is 2.77. The summed E-state index contributed by atoms with van der Waals surface area (Å²) in [6.45, 7) is 0.189. The van der Waals surface area contributed by atoms with Crippen LogP contribution in [0.3, 0.4) is 0 Å². The van der Waals surface area contributed by atoms with Gasteiger partial charge in [0.1, 0.15) is 11.5 Å². The Bertz CT molecular complexity index is 600. The molecule has 0 fully saturated rings. The molecule has 1 aromatic heterocycles. The number of rotatable bonds is 6. The normalized spacial score (nSPS) is 12.0. The van der Waals surface area contributed by atoms with Crippen LogP contribution < -0.4 is 5.32 Å². The Labute approximate surface area is 120 Å². The van der Waals surface area contributed by atoms with Gasteiger partial charge in [-0.3, -0.25) is 0 Å². The highest BCUT2D eigenvalue weighted by Crippen LogP contribution is 2.19. The fourth-order valence-corrected chi connectivity index (χ4v) is 1.74. The van der Waals surface area contributed by atoms with Crippen LogP contribution in [0.2, 0.25) is 0 Å². The van der Waals surface area contributed by atoms with Crippen molar-refractivity contribution in [1.82, 2.24) is 15.0 Å². The third-order valence-corrected chi connectivity index (χ3v) is 2.77. The molecular formula is C13H15FN4O3. The van der Waals surface area contributed by atoms with Gasteiger partial charge in [0, 0.05) is 5.69 Å². The number of benzene rings is 1. The molecule has 0 radical (unpaired) electrons. The Balaban J connectivity index is 2.21. The third kappa shape index (κ3) is 3.76. The van der Waals surface area contributed by atoms with E-state index in [1.165, 1.54) is 42.3 Å². The van der Waals surface area contributed by atoms with E-state index >= 15 is 0 Å². The number of aromatic nitrogens is 3. The Kier molecular flexibility index (Phi) is 4.83. The maximum absolute atomic E-state index is 12.9. The minimum atomic E-state index is -0.868. The van der Waals surface area contributed by atoms with Crippen molar-refractivity contribution in [3.05, 3.63) is 42.0 Å². The largest absolute Gasteiger partial charge is 0.467 e. The lowest BCUT2D eigenvalue weighted by Crippen LogP contribution is -2.22. The van der Waals surface area contributed by atoms with E-state index in [9.17, 15) is 9.18 Å². The van der Waals surface area contributed by atoms with Crippen LogP contribution in [0.25, 0.3) is 0 Å². The van der Waals surface area contributed by atoms with Gasteiger partial charge in [0.05, 0.1) is 26.5 Å². The minimum absolute atomic E-state index is 0.0862. The molecule has 0 aliphatic heterocycles. The van der Waals surface area contributed by atoms with Crippen LogP contribution >= 0.6 is 0 Å².